The van der Waals surface area contributed by atoms with Gasteiger partial charge in [0.05, 0.1) is 11.5 Å². The second kappa shape index (κ2) is 5.99. The van der Waals surface area contributed by atoms with Crippen molar-refractivity contribution < 1.29 is 24.6 Å². The zero-order chi connectivity index (χ0) is 17.4. The van der Waals surface area contributed by atoms with Gasteiger partial charge in [-0.1, -0.05) is 24.3 Å². The van der Waals surface area contributed by atoms with Gasteiger partial charge in [-0.05, 0) is 36.8 Å². The van der Waals surface area contributed by atoms with Crippen LogP contribution in [0.25, 0.3) is 0 Å². The van der Waals surface area contributed by atoms with Gasteiger partial charge in [-0.2, -0.15) is 0 Å². The molecule has 0 unspecified atom stereocenters. The summed E-state index contributed by atoms with van der Waals surface area (Å²) in [5, 5.41) is 21.2. The Morgan fingerprint density at radius 2 is 1.79 bits per heavy atom. The molecule has 126 valence electrons. The van der Waals surface area contributed by atoms with E-state index in [0.29, 0.717) is 12.0 Å². The minimum atomic E-state index is -1.25. The molecule has 2 amide bonds. The summed E-state index contributed by atoms with van der Waals surface area (Å²) in [7, 11) is 0. The molecule has 7 nitrogen and oxygen atoms in total. The third-order valence-corrected chi connectivity index (χ3v) is 4.82. The van der Waals surface area contributed by atoms with E-state index in [0.717, 1.165) is 0 Å². The highest BCUT2D eigenvalue weighted by atomic mass is 16.4. The average Bonchev–Trinajstić information content (AvgIpc) is 3.15. The Kier molecular flexibility index (Phi) is 4.01. The van der Waals surface area contributed by atoms with E-state index in [1.54, 1.807) is 25.1 Å². The summed E-state index contributed by atoms with van der Waals surface area (Å²) in [5.74, 6) is -4.68. The Morgan fingerprint density at radius 3 is 2.46 bits per heavy atom. The summed E-state index contributed by atoms with van der Waals surface area (Å²) in [5.41, 5.74) is 5.05. The van der Waals surface area contributed by atoms with Crippen molar-refractivity contribution in [2.75, 3.05) is 0 Å². The van der Waals surface area contributed by atoms with E-state index in [4.69, 9.17) is 0 Å². The molecule has 2 bridgehead atoms. The lowest BCUT2D eigenvalue weighted by Gasteiger charge is -2.27. The third kappa shape index (κ3) is 2.62. The van der Waals surface area contributed by atoms with Crippen molar-refractivity contribution in [2.45, 2.75) is 13.3 Å². The molecule has 2 aliphatic rings. The first kappa shape index (κ1) is 16.0. The van der Waals surface area contributed by atoms with Crippen molar-refractivity contribution in [3.05, 3.63) is 41.5 Å². The van der Waals surface area contributed by atoms with E-state index in [2.05, 4.69) is 10.9 Å². The van der Waals surface area contributed by atoms with Crippen molar-refractivity contribution in [2.24, 2.45) is 23.7 Å². The number of nitrogens with one attached hydrogen (secondary N) is 2. The van der Waals surface area contributed by atoms with Gasteiger partial charge in [-0.25, -0.2) is 0 Å². The Labute approximate surface area is 138 Å². The molecule has 2 aliphatic carbocycles. The van der Waals surface area contributed by atoms with Gasteiger partial charge in [0.15, 0.2) is 0 Å². The fraction of sp³-hybridized carbons (Fsp3) is 0.353. The molecular weight excluding hydrogens is 312 g/mol. The maximum absolute atomic E-state index is 12.3. The monoisotopic (exact) mass is 329 g/mol. The van der Waals surface area contributed by atoms with E-state index in [1.807, 2.05) is 6.08 Å². The quantitative estimate of drug-likeness (QED) is 0.517. The average molecular weight is 329 g/mol. The first-order chi connectivity index (χ1) is 11.4. The molecule has 1 aromatic rings. The van der Waals surface area contributed by atoms with Crippen LogP contribution >= 0.6 is 0 Å². The first-order valence-electron chi connectivity index (χ1n) is 7.68. The van der Waals surface area contributed by atoms with Gasteiger partial charge in [0.2, 0.25) is 5.91 Å². The van der Waals surface area contributed by atoms with Crippen LogP contribution in [0.4, 0.5) is 0 Å². The molecule has 4 atom stereocenters. The molecule has 0 spiro atoms. The fourth-order valence-electron chi connectivity index (χ4n) is 3.61. The number of carbonyl (C=O) groups excluding carboxylic acids is 3. The van der Waals surface area contributed by atoms with Gasteiger partial charge in [0.25, 0.3) is 5.91 Å². The van der Waals surface area contributed by atoms with Crippen LogP contribution in [0.2, 0.25) is 0 Å². The van der Waals surface area contributed by atoms with Gasteiger partial charge in [-0.15, -0.1) is 0 Å². The maximum Gasteiger partial charge on any atom is 0.273 e. The largest absolute Gasteiger partial charge is 0.550 e. The number of carbonyl (C=O) groups is 3. The molecule has 3 N–H and O–H groups in total. The molecular formula is C17H17N2O5-. The number of carboxylic acids is 1. The molecule has 3 rings (SSSR count). The van der Waals surface area contributed by atoms with Crippen LogP contribution in [-0.2, 0) is 9.59 Å². The smallest absolute Gasteiger partial charge is 0.273 e. The molecule has 1 saturated carbocycles. The Bertz CT molecular complexity index is 742. The number of aryl methyl sites for hydroxylation is 1. The van der Waals surface area contributed by atoms with Gasteiger partial charge in [-0.3, -0.25) is 20.4 Å². The molecule has 1 fully saturated rings. The number of phenolic OH excluding ortho intramolecular Hbond substituents is 1. The van der Waals surface area contributed by atoms with Crippen molar-refractivity contribution in [1.82, 2.24) is 10.9 Å². The Morgan fingerprint density at radius 1 is 1.12 bits per heavy atom. The fourth-order valence-corrected chi connectivity index (χ4v) is 3.61. The lowest BCUT2D eigenvalue weighted by Crippen LogP contribution is -2.50. The lowest BCUT2D eigenvalue weighted by atomic mass is 9.82. The number of phenols is 1. The number of carboxylic acid groups (broad SMARTS) is 1. The van der Waals surface area contributed by atoms with Crippen molar-refractivity contribution in [3.63, 3.8) is 0 Å². The second-order valence-electron chi connectivity index (χ2n) is 6.23. The van der Waals surface area contributed by atoms with Gasteiger partial charge >= 0.3 is 0 Å². The number of aliphatic carboxylic acids is 1. The zero-order valence-corrected chi connectivity index (χ0v) is 13.0. The summed E-state index contributed by atoms with van der Waals surface area (Å²) in [6, 6.07) is 4.68. The number of allylic oxidation sites excluding steroid dienone is 2. The number of para-hydroxylation sites is 1. The number of hydrogen-bond acceptors (Lipinski definition) is 5. The molecule has 0 saturated heterocycles. The minimum absolute atomic E-state index is 0.0274. The minimum Gasteiger partial charge on any atom is -0.550 e. The van der Waals surface area contributed by atoms with Crippen LogP contribution in [0.5, 0.6) is 5.75 Å². The maximum atomic E-state index is 12.3. The highest BCUT2D eigenvalue weighted by Crippen LogP contribution is 2.47. The van der Waals surface area contributed by atoms with Crippen molar-refractivity contribution >= 4 is 17.8 Å². The SMILES string of the molecule is Cc1cccc(C(=O)NNC(=O)[C@H]2[C@@H](C(=O)[O-])[C@H]3C=C[C@H]2C3)c1O. The number of hydrogen-bond donors (Lipinski definition) is 3. The summed E-state index contributed by atoms with van der Waals surface area (Å²) >= 11 is 0. The first-order valence-corrected chi connectivity index (χ1v) is 7.68. The van der Waals surface area contributed by atoms with Gasteiger partial charge < -0.3 is 15.0 Å². The Balaban J connectivity index is 1.67. The van der Waals surface area contributed by atoms with Crippen LogP contribution in [0.15, 0.2) is 30.4 Å². The molecule has 7 heteroatoms. The number of benzene rings is 1. The predicted octanol–water partition coefficient (Wildman–Crippen LogP) is -0.350. The number of rotatable bonds is 3. The van der Waals surface area contributed by atoms with E-state index in [1.165, 1.54) is 6.07 Å². The second-order valence-corrected chi connectivity index (χ2v) is 6.23. The van der Waals surface area contributed by atoms with Crippen LogP contribution in [-0.4, -0.2) is 22.9 Å². The van der Waals surface area contributed by atoms with Crippen molar-refractivity contribution in [3.8, 4) is 5.75 Å². The molecule has 0 heterocycles. The topological polar surface area (TPSA) is 119 Å². The number of aromatic hydroxyl groups is 1. The number of hydrazine groups is 1. The number of amides is 2. The van der Waals surface area contributed by atoms with Crippen molar-refractivity contribution in [1.29, 1.82) is 0 Å². The predicted molar refractivity (Wildman–Crippen MR) is 81.2 cm³/mol. The molecule has 1 aromatic carbocycles. The lowest BCUT2D eigenvalue weighted by molar-refractivity contribution is -0.313. The Hall–Kier alpha value is -2.83. The number of fused-ring (bicyclic) bond motifs is 2. The van der Waals surface area contributed by atoms with Crippen LogP contribution < -0.4 is 16.0 Å². The summed E-state index contributed by atoms with van der Waals surface area (Å²) in [6.45, 7) is 1.65. The summed E-state index contributed by atoms with van der Waals surface area (Å²) in [6.07, 6.45) is 4.24. The van der Waals surface area contributed by atoms with Crippen LogP contribution in [0, 0.1) is 30.6 Å². The van der Waals surface area contributed by atoms with E-state index >= 15 is 0 Å². The molecule has 0 radical (unpaired) electrons. The van der Waals surface area contributed by atoms with E-state index in [9.17, 15) is 24.6 Å². The summed E-state index contributed by atoms with van der Waals surface area (Å²) < 4.78 is 0. The standard InChI is InChI=1S/C17H18N2O5/c1-8-3-2-4-11(14(8)20)15(21)18-19-16(22)12-9-5-6-10(7-9)13(12)17(23)24/h2-6,9-10,12-13,20H,7H2,1H3,(H,18,21)(H,19,22)(H,23,24)/p-1/t9-,10-,12+,13-/m0/s1. The normalized spacial score (nSPS) is 27.0. The van der Waals surface area contributed by atoms with Gasteiger partial charge in [0.1, 0.15) is 5.75 Å². The van der Waals surface area contributed by atoms with Gasteiger partial charge in [0, 0.05) is 11.9 Å². The van der Waals surface area contributed by atoms with E-state index < -0.39 is 29.6 Å². The molecule has 24 heavy (non-hydrogen) atoms. The highest BCUT2D eigenvalue weighted by molar-refractivity contribution is 5.98. The third-order valence-electron chi connectivity index (χ3n) is 4.82. The van der Waals surface area contributed by atoms with Crippen LogP contribution in [0.3, 0.4) is 0 Å². The zero-order valence-electron chi connectivity index (χ0n) is 13.0. The highest BCUT2D eigenvalue weighted by Gasteiger charge is 2.48. The summed E-state index contributed by atoms with van der Waals surface area (Å²) in [4.78, 5) is 35.7. The van der Waals surface area contributed by atoms with E-state index in [-0.39, 0.29) is 23.1 Å². The molecule has 0 aliphatic heterocycles. The van der Waals surface area contributed by atoms with Crippen LogP contribution in [0.1, 0.15) is 22.3 Å². The molecule has 0 aromatic heterocycles.